The molecule has 0 spiro atoms. The van der Waals surface area contributed by atoms with E-state index >= 15 is 0 Å². The van der Waals surface area contributed by atoms with E-state index in [1.54, 1.807) is 25.5 Å². The van der Waals surface area contributed by atoms with Gasteiger partial charge in [-0.15, -0.1) is 0 Å². The Labute approximate surface area is 142 Å². The van der Waals surface area contributed by atoms with Crippen LogP contribution in [0.15, 0.2) is 52.2 Å². The number of hydrogen-bond acceptors (Lipinski definition) is 3. The summed E-state index contributed by atoms with van der Waals surface area (Å²) in [6, 6.07) is 12.4. The number of nitrogens with one attached hydrogen (secondary N) is 2. The summed E-state index contributed by atoms with van der Waals surface area (Å²) in [6.07, 6.45) is 0.00375. The molecule has 5 heteroatoms. The lowest BCUT2D eigenvalue weighted by molar-refractivity contribution is 0.106. The van der Waals surface area contributed by atoms with Crippen molar-refractivity contribution in [3.05, 3.63) is 58.3 Å². The number of ether oxygens (including phenoxy) is 1. The molecule has 0 radical (unpaired) electrons. The highest BCUT2D eigenvalue weighted by atomic mass is 32.1. The molecular weight excluding hydrogens is 306 g/mol. The fourth-order valence-electron chi connectivity index (χ4n) is 2.34. The molecule has 124 valence electrons. The normalized spacial score (nSPS) is 14.3. The first-order valence-corrected chi connectivity index (χ1v) is 8.73. The van der Waals surface area contributed by atoms with Crippen molar-refractivity contribution in [2.45, 2.75) is 18.9 Å². The van der Waals surface area contributed by atoms with Crippen molar-refractivity contribution in [3.8, 4) is 0 Å². The van der Waals surface area contributed by atoms with Gasteiger partial charge in [-0.25, -0.2) is 0 Å². The Hall–Kier alpha value is -1.85. The van der Waals surface area contributed by atoms with Crippen molar-refractivity contribution in [2.75, 3.05) is 27.2 Å². The highest BCUT2D eigenvalue weighted by molar-refractivity contribution is 7.07. The van der Waals surface area contributed by atoms with Gasteiger partial charge in [-0.1, -0.05) is 37.3 Å². The first kappa shape index (κ1) is 17.5. The van der Waals surface area contributed by atoms with Crippen molar-refractivity contribution in [1.82, 2.24) is 10.6 Å². The predicted octanol–water partition coefficient (Wildman–Crippen LogP) is 3.40. The van der Waals surface area contributed by atoms with Gasteiger partial charge in [0, 0.05) is 27.2 Å². The van der Waals surface area contributed by atoms with Crippen LogP contribution in [0, 0.1) is 0 Å². The standard InChI is InChI=1S/C18H25N3OS/c1-14(16-9-10-23-13-16)11-20-18(19-2)21-12-17(22-3)15-7-5-4-6-8-15/h4-10,13-14,17H,11-12H2,1-3H3,(H2,19,20,21). The number of rotatable bonds is 7. The molecule has 2 aromatic rings. The summed E-state index contributed by atoms with van der Waals surface area (Å²) in [5.74, 6) is 1.25. The van der Waals surface area contributed by atoms with Gasteiger partial charge in [0.05, 0.1) is 6.10 Å². The van der Waals surface area contributed by atoms with Crippen molar-refractivity contribution >= 4 is 17.3 Å². The van der Waals surface area contributed by atoms with E-state index in [9.17, 15) is 0 Å². The SMILES string of the molecule is CN=C(NCC(C)c1ccsc1)NCC(OC)c1ccccc1. The first-order chi connectivity index (χ1) is 11.2. The molecular formula is C18H25N3OS. The van der Waals surface area contributed by atoms with Gasteiger partial charge < -0.3 is 15.4 Å². The van der Waals surface area contributed by atoms with Crippen LogP contribution in [0.5, 0.6) is 0 Å². The lowest BCUT2D eigenvalue weighted by Crippen LogP contribution is -2.41. The van der Waals surface area contributed by atoms with Gasteiger partial charge in [-0.05, 0) is 33.9 Å². The Morgan fingerprint density at radius 3 is 2.48 bits per heavy atom. The molecule has 23 heavy (non-hydrogen) atoms. The van der Waals surface area contributed by atoms with E-state index in [0.29, 0.717) is 12.5 Å². The zero-order valence-corrected chi connectivity index (χ0v) is 14.8. The van der Waals surface area contributed by atoms with Gasteiger partial charge in [-0.2, -0.15) is 11.3 Å². The van der Waals surface area contributed by atoms with Gasteiger partial charge in [0.1, 0.15) is 0 Å². The van der Waals surface area contributed by atoms with Crippen LogP contribution in [0.4, 0.5) is 0 Å². The van der Waals surface area contributed by atoms with Gasteiger partial charge >= 0.3 is 0 Å². The van der Waals surface area contributed by atoms with Crippen molar-refractivity contribution in [1.29, 1.82) is 0 Å². The second kappa shape index (κ2) is 9.33. The van der Waals surface area contributed by atoms with E-state index in [4.69, 9.17) is 4.74 Å². The molecule has 0 amide bonds. The topological polar surface area (TPSA) is 45.7 Å². The summed E-state index contributed by atoms with van der Waals surface area (Å²) in [4.78, 5) is 4.28. The lowest BCUT2D eigenvalue weighted by Gasteiger charge is -2.20. The van der Waals surface area contributed by atoms with Crippen LogP contribution in [0.1, 0.15) is 30.1 Å². The molecule has 0 saturated heterocycles. The molecule has 1 heterocycles. The molecule has 0 fully saturated rings. The van der Waals surface area contributed by atoms with Crippen LogP contribution in [0.3, 0.4) is 0 Å². The Kier molecular flexibility index (Phi) is 7.10. The Morgan fingerprint density at radius 1 is 1.13 bits per heavy atom. The summed E-state index contributed by atoms with van der Waals surface area (Å²) in [5.41, 5.74) is 2.52. The number of hydrogen-bond donors (Lipinski definition) is 2. The number of thiophene rings is 1. The number of nitrogens with zero attached hydrogens (tertiary/aromatic N) is 1. The van der Waals surface area contributed by atoms with Gasteiger partial charge in [-0.3, -0.25) is 4.99 Å². The van der Waals surface area contributed by atoms with E-state index < -0.39 is 0 Å². The lowest BCUT2D eigenvalue weighted by atomic mass is 10.1. The zero-order chi connectivity index (χ0) is 16.5. The molecule has 0 aliphatic carbocycles. The predicted molar refractivity (Wildman–Crippen MR) is 98.3 cm³/mol. The minimum absolute atomic E-state index is 0.00375. The van der Waals surface area contributed by atoms with Crippen molar-refractivity contribution < 1.29 is 4.74 Å². The zero-order valence-electron chi connectivity index (χ0n) is 14.0. The van der Waals surface area contributed by atoms with Gasteiger partial charge in [0.15, 0.2) is 5.96 Å². The highest BCUT2D eigenvalue weighted by Gasteiger charge is 2.11. The monoisotopic (exact) mass is 331 g/mol. The third-order valence-corrected chi connectivity index (χ3v) is 4.52. The van der Waals surface area contributed by atoms with E-state index in [2.05, 4.69) is 51.5 Å². The average molecular weight is 331 g/mol. The van der Waals surface area contributed by atoms with Crippen LogP contribution >= 0.6 is 11.3 Å². The summed E-state index contributed by atoms with van der Waals surface area (Å²) in [5, 5.41) is 11.0. The van der Waals surface area contributed by atoms with Crippen molar-refractivity contribution in [2.24, 2.45) is 4.99 Å². The summed E-state index contributed by atoms with van der Waals surface area (Å²) in [7, 11) is 3.52. The van der Waals surface area contributed by atoms with Gasteiger partial charge in [0.25, 0.3) is 0 Å². The fraction of sp³-hybridized carbons (Fsp3) is 0.389. The number of aliphatic imine (C=N–C) groups is 1. The number of methoxy groups -OCH3 is 1. The fourth-order valence-corrected chi connectivity index (χ4v) is 3.12. The molecule has 2 atom stereocenters. The van der Waals surface area contributed by atoms with E-state index in [1.807, 2.05) is 18.2 Å². The Morgan fingerprint density at radius 2 is 1.87 bits per heavy atom. The van der Waals surface area contributed by atoms with E-state index in [0.717, 1.165) is 18.1 Å². The molecule has 0 aliphatic heterocycles. The van der Waals surface area contributed by atoms with E-state index in [1.165, 1.54) is 5.56 Å². The largest absolute Gasteiger partial charge is 0.375 e. The number of benzene rings is 1. The van der Waals surface area contributed by atoms with E-state index in [-0.39, 0.29) is 6.10 Å². The molecule has 4 nitrogen and oxygen atoms in total. The third-order valence-electron chi connectivity index (χ3n) is 3.82. The average Bonchev–Trinajstić information content (AvgIpc) is 3.13. The molecule has 0 saturated carbocycles. The van der Waals surface area contributed by atoms with Crippen LogP contribution in [0.2, 0.25) is 0 Å². The molecule has 0 bridgehead atoms. The minimum Gasteiger partial charge on any atom is -0.375 e. The maximum atomic E-state index is 5.57. The second-order valence-electron chi connectivity index (χ2n) is 5.43. The molecule has 2 N–H and O–H groups in total. The van der Waals surface area contributed by atoms with Crippen LogP contribution in [-0.4, -0.2) is 33.2 Å². The summed E-state index contributed by atoms with van der Waals surface area (Å²) >= 11 is 1.73. The van der Waals surface area contributed by atoms with Crippen molar-refractivity contribution in [3.63, 3.8) is 0 Å². The number of guanidine groups is 1. The van der Waals surface area contributed by atoms with Crippen LogP contribution in [-0.2, 0) is 4.74 Å². The first-order valence-electron chi connectivity index (χ1n) is 7.79. The van der Waals surface area contributed by atoms with Gasteiger partial charge in [0.2, 0.25) is 0 Å². The minimum atomic E-state index is 0.00375. The molecule has 0 aliphatic rings. The second-order valence-corrected chi connectivity index (χ2v) is 6.21. The summed E-state index contributed by atoms with van der Waals surface area (Å²) in [6.45, 7) is 3.73. The smallest absolute Gasteiger partial charge is 0.191 e. The van der Waals surface area contributed by atoms with Crippen LogP contribution < -0.4 is 10.6 Å². The molecule has 1 aromatic heterocycles. The third kappa shape index (κ3) is 5.37. The maximum Gasteiger partial charge on any atom is 0.191 e. The Bertz CT molecular complexity index is 584. The quantitative estimate of drug-likeness (QED) is 0.604. The Balaban J connectivity index is 1.82. The molecule has 2 rings (SSSR count). The molecule has 2 unspecified atom stereocenters. The highest BCUT2D eigenvalue weighted by Crippen LogP contribution is 2.17. The maximum absolute atomic E-state index is 5.57. The summed E-state index contributed by atoms with van der Waals surface area (Å²) < 4.78 is 5.57. The molecule has 1 aromatic carbocycles. The van der Waals surface area contributed by atoms with Crippen LogP contribution in [0.25, 0.3) is 0 Å².